The summed E-state index contributed by atoms with van der Waals surface area (Å²) in [7, 11) is 0. The molecule has 0 saturated carbocycles. The van der Waals surface area contributed by atoms with Gasteiger partial charge in [-0.2, -0.15) is 0 Å². The fourth-order valence-corrected chi connectivity index (χ4v) is 3.92. The number of nitrogens with two attached hydrogens (primary N) is 1. The highest BCUT2D eigenvalue weighted by molar-refractivity contribution is 8.03. The van der Waals surface area contributed by atoms with E-state index in [1.807, 2.05) is 38.1 Å². The maximum Gasteiger partial charge on any atom is 0.214 e. The van der Waals surface area contributed by atoms with Gasteiger partial charge in [-0.15, -0.1) is 11.8 Å². The van der Waals surface area contributed by atoms with E-state index in [4.69, 9.17) is 5.73 Å². The molecule has 8 heteroatoms. The Morgan fingerprint density at radius 1 is 1.23 bits per heavy atom. The maximum absolute atomic E-state index is 12.4. The molecule has 7 nitrogen and oxygen atoms in total. The SMILES string of the molecule is CC(=C(CCO)SCCC(=O)c1ccc(C)cc1)N(C=O)Cc1cnc(C)nc1N. The fourth-order valence-electron chi connectivity index (χ4n) is 2.82. The summed E-state index contributed by atoms with van der Waals surface area (Å²) in [5.41, 5.74) is 9.11. The Kier molecular flexibility index (Phi) is 9.01. The van der Waals surface area contributed by atoms with E-state index in [-0.39, 0.29) is 18.9 Å². The maximum atomic E-state index is 12.4. The molecule has 1 aromatic carbocycles. The Labute approximate surface area is 181 Å². The first kappa shape index (κ1) is 23.6. The van der Waals surface area contributed by atoms with Gasteiger partial charge in [-0.1, -0.05) is 29.8 Å². The van der Waals surface area contributed by atoms with E-state index in [1.165, 1.54) is 16.7 Å². The molecule has 1 heterocycles. The van der Waals surface area contributed by atoms with Crippen molar-refractivity contribution < 1.29 is 14.7 Å². The summed E-state index contributed by atoms with van der Waals surface area (Å²) in [6.45, 7) is 5.73. The summed E-state index contributed by atoms with van der Waals surface area (Å²) >= 11 is 1.48. The topological polar surface area (TPSA) is 109 Å². The molecule has 0 aliphatic carbocycles. The number of nitrogens with zero attached hydrogens (tertiary/aromatic N) is 3. The van der Waals surface area contributed by atoms with Crippen LogP contribution in [0.5, 0.6) is 0 Å². The number of aliphatic hydroxyl groups is 1. The Morgan fingerprint density at radius 3 is 2.53 bits per heavy atom. The van der Waals surface area contributed by atoms with Gasteiger partial charge in [0.15, 0.2) is 5.78 Å². The van der Waals surface area contributed by atoms with Gasteiger partial charge < -0.3 is 15.7 Å². The number of benzene rings is 1. The fraction of sp³-hybridized carbons (Fsp3) is 0.364. The molecule has 1 aromatic heterocycles. The van der Waals surface area contributed by atoms with Gasteiger partial charge in [0.1, 0.15) is 11.6 Å². The second-order valence-corrected chi connectivity index (χ2v) is 8.12. The van der Waals surface area contributed by atoms with Gasteiger partial charge in [-0.05, 0) is 20.8 Å². The number of ketones is 1. The average molecular weight is 429 g/mol. The van der Waals surface area contributed by atoms with Crippen LogP contribution in [0.4, 0.5) is 5.82 Å². The Bertz CT molecular complexity index is 913. The van der Waals surface area contributed by atoms with Crippen LogP contribution < -0.4 is 5.73 Å². The minimum atomic E-state index is -0.0476. The highest BCUT2D eigenvalue weighted by Gasteiger charge is 2.15. The first-order valence-electron chi connectivity index (χ1n) is 9.69. The normalized spacial score (nSPS) is 11.7. The van der Waals surface area contributed by atoms with Crippen LogP contribution in [-0.4, -0.2) is 44.5 Å². The largest absolute Gasteiger partial charge is 0.396 e. The number of carbonyl (C=O) groups is 2. The van der Waals surface area contributed by atoms with Crippen molar-refractivity contribution in [3.8, 4) is 0 Å². The molecule has 0 radical (unpaired) electrons. The van der Waals surface area contributed by atoms with Crippen LogP contribution in [-0.2, 0) is 11.3 Å². The summed E-state index contributed by atoms with van der Waals surface area (Å²) in [4.78, 5) is 34.7. The van der Waals surface area contributed by atoms with Crippen LogP contribution in [0.3, 0.4) is 0 Å². The van der Waals surface area contributed by atoms with Crippen molar-refractivity contribution in [2.24, 2.45) is 0 Å². The number of aryl methyl sites for hydroxylation is 2. The van der Waals surface area contributed by atoms with Crippen molar-refractivity contribution in [2.45, 2.75) is 40.2 Å². The van der Waals surface area contributed by atoms with Crippen molar-refractivity contribution in [3.63, 3.8) is 0 Å². The number of hydrogen-bond donors (Lipinski definition) is 2. The number of anilines is 1. The zero-order valence-electron chi connectivity index (χ0n) is 17.6. The molecule has 3 N–H and O–H groups in total. The molecule has 2 aromatic rings. The van der Waals surface area contributed by atoms with E-state index >= 15 is 0 Å². The van der Waals surface area contributed by atoms with E-state index in [1.54, 1.807) is 13.1 Å². The molecular formula is C22H28N4O3S. The predicted molar refractivity (Wildman–Crippen MR) is 120 cm³/mol. The lowest BCUT2D eigenvalue weighted by Gasteiger charge is -2.22. The van der Waals surface area contributed by atoms with Gasteiger partial charge in [0.05, 0.1) is 6.54 Å². The lowest BCUT2D eigenvalue weighted by atomic mass is 10.1. The molecule has 0 fully saturated rings. The number of carbonyl (C=O) groups excluding carboxylic acids is 2. The van der Waals surface area contributed by atoms with E-state index < -0.39 is 0 Å². The molecule has 1 amide bonds. The number of aliphatic hydroxyl groups excluding tert-OH is 1. The average Bonchev–Trinajstić information content (AvgIpc) is 2.72. The van der Waals surface area contributed by atoms with E-state index in [0.29, 0.717) is 47.1 Å². The van der Waals surface area contributed by atoms with Crippen LogP contribution in [0, 0.1) is 13.8 Å². The van der Waals surface area contributed by atoms with E-state index in [0.717, 1.165) is 16.9 Å². The second-order valence-electron chi connectivity index (χ2n) is 6.93. The molecule has 0 spiro atoms. The van der Waals surface area contributed by atoms with Crippen molar-refractivity contribution in [2.75, 3.05) is 18.1 Å². The summed E-state index contributed by atoms with van der Waals surface area (Å²) in [6, 6.07) is 7.51. The molecule has 160 valence electrons. The molecule has 0 bridgehead atoms. The molecule has 0 saturated heterocycles. The smallest absolute Gasteiger partial charge is 0.214 e. The quantitative estimate of drug-likeness (QED) is 0.417. The molecule has 2 rings (SSSR count). The van der Waals surface area contributed by atoms with Gasteiger partial charge >= 0.3 is 0 Å². The van der Waals surface area contributed by atoms with Gasteiger partial charge in [0.2, 0.25) is 6.41 Å². The molecule has 0 unspecified atom stereocenters. The molecule has 0 aliphatic heterocycles. The minimum absolute atomic E-state index is 0.0476. The summed E-state index contributed by atoms with van der Waals surface area (Å²) in [5.74, 6) is 1.53. The van der Waals surface area contributed by atoms with Gasteiger partial charge in [0.25, 0.3) is 0 Å². The zero-order valence-corrected chi connectivity index (χ0v) is 18.4. The standard InChI is InChI=1S/C22H28N4O3S/c1-15-4-6-18(7-5-15)20(29)9-11-30-21(8-10-27)16(2)26(14-28)13-19-12-24-17(3)25-22(19)23/h4-7,12,14,27H,8-11,13H2,1-3H3,(H2,23,24,25). The molecular weight excluding hydrogens is 400 g/mol. The highest BCUT2D eigenvalue weighted by Crippen LogP contribution is 2.27. The number of Topliss-reactive ketones (excluding diaryl/α,β-unsaturated/α-hetero) is 1. The van der Waals surface area contributed by atoms with Crippen molar-refractivity contribution in [3.05, 3.63) is 63.6 Å². The Balaban J connectivity index is 2.07. The lowest BCUT2D eigenvalue weighted by molar-refractivity contribution is -0.116. The van der Waals surface area contributed by atoms with Crippen LogP contribution in [0.2, 0.25) is 0 Å². The number of aromatic nitrogens is 2. The third-order valence-corrected chi connectivity index (χ3v) is 5.89. The van der Waals surface area contributed by atoms with Crippen molar-refractivity contribution >= 4 is 29.8 Å². The summed E-state index contributed by atoms with van der Waals surface area (Å²) in [6.07, 6.45) is 3.11. The predicted octanol–water partition coefficient (Wildman–Crippen LogP) is 3.25. The number of rotatable bonds is 11. The lowest BCUT2D eigenvalue weighted by Crippen LogP contribution is -2.22. The van der Waals surface area contributed by atoms with E-state index in [9.17, 15) is 14.7 Å². The highest BCUT2D eigenvalue weighted by atomic mass is 32.2. The monoisotopic (exact) mass is 428 g/mol. The zero-order chi connectivity index (χ0) is 22.1. The number of thioether (sulfide) groups is 1. The van der Waals surface area contributed by atoms with Crippen LogP contribution in [0.1, 0.15) is 47.1 Å². The third-order valence-electron chi connectivity index (χ3n) is 4.64. The van der Waals surface area contributed by atoms with Gasteiger partial charge in [-0.25, -0.2) is 9.97 Å². The summed E-state index contributed by atoms with van der Waals surface area (Å²) in [5, 5.41) is 9.46. The number of allylic oxidation sites excluding steroid dienone is 1. The molecule has 0 aliphatic rings. The van der Waals surface area contributed by atoms with Gasteiger partial charge in [0, 0.05) is 53.1 Å². The first-order valence-corrected chi connectivity index (χ1v) is 10.7. The molecule has 0 atom stereocenters. The minimum Gasteiger partial charge on any atom is -0.396 e. The summed E-state index contributed by atoms with van der Waals surface area (Å²) < 4.78 is 0. The van der Waals surface area contributed by atoms with Crippen LogP contribution >= 0.6 is 11.8 Å². The van der Waals surface area contributed by atoms with Gasteiger partial charge in [-0.3, -0.25) is 9.59 Å². The van der Waals surface area contributed by atoms with Crippen LogP contribution in [0.15, 0.2) is 41.1 Å². The second kappa shape index (κ2) is 11.5. The Morgan fingerprint density at radius 2 is 1.93 bits per heavy atom. The van der Waals surface area contributed by atoms with Crippen molar-refractivity contribution in [1.82, 2.24) is 14.9 Å². The number of hydrogen-bond acceptors (Lipinski definition) is 7. The first-order chi connectivity index (χ1) is 14.3. The van der Waals surface area contributed by atoms with Crippen LogP contribution in [0.25, 0.3) is 0 Å². The van der Waals surface area contributed by atoms with E-state index in [2.05, 4.69) is 9.97 Å². The number of amides is 1. The van der Waals surface area contributed by atoms with Crippen molar-refractivity contribution in [1.29, 1.82) is 0 Å². The molecule has 30 heavy (non-hydrogen) atoms. The Hall–Kier alpha value is -2.71. The number of nitrogen functional groups attached to an aromatic ring is 1. The third kappa shape index (κ3) is 6.67.